The van der Waals surface area contributed by atoms with Crippen molar-refractivity contribution in [1.82, 2.24) is 0 Å². The molecule has 0 radical (unpaired) electrons. The second kappa shape index (κ2) is 6.25. The molecule has 2 heterocycles. The van der Waals surface area contributed by atoms with Gasteiger partial charge in [0.1, 0.15) is 12.4 Å². The van der Waals surface area contributed by atoms with Crippen LogP contribution < -0.4 is 4.90 Å². The Bertz CT molecular complexity index is 932. The number of esters is 1. The molecule has 0 aliphatic carbocycles. The Kier molecular flexibility index (Phi) is 4.04. The van der Waals surface area contributed by atoms with E-state index >= 15 is 0 Å². The molecule has 6 heteroatoms. The van der Waals surface area contributed by atoms with Crippen LogP contribution in [0.25, 0.3) is 0 Å². The highest BCUT2D eigenvalue weighted by atomic mass is 35.5. The fraction of sp³-hybridized carbons (Fsp3) is 0.200. The fourth-order valence-corrected chi connectivity index (χ4v) is 3.83. The summed E-state index contributed by atoms with van der Waals surface area (Å²) in [6.45, 7) is 1.93. The van der Waals surface area contributed by atoms with Crippen LogP contribution in [0.1, 0.15) is 23.5 Å². The van der Waals surface area contributed by atoms with E-state index in [1.807, 2.05) is 31.2 Å². The number of hydrogen-bond acceptors (Lipinski definition) is 3. The molecule has 0 saturated heterocycles. The summed E-state index contributed by atoms with van der Waals surface area (Å²) in [6.07, 6.45) is -0.0531. The Hall–Kier alpha value is -2.66. The molecule has 0 saturated carbocycles. The van der Waals surface area contributed by atoms with E-state index in [1.165, 1.54) is 17.0 Å². The number of aryl methyl sites for hydroxylation is 1. The second-order valence-corrected chi connectivity index (χ2v) is 6.80. The van der Waals surface area contributed by atoms with Crippen LogP contribution in [0.3, 0.4) is 0 Å². The first-order valence-corrected chi connectivity index (χ1v) is 8.59. The van der Waals surface area contributed by atoms with Crippen molar-refractivity contribution in [3.8, 4) is 0 Å². The molecule has 2 aromatic carbocycles. The number of amides is 1. The maximum atomic E-state index is 14.4. The largest absolute Gasteiger partial charge is 0.456 e. The van der Waals surface area contributed by atoms with Crippen molar-refractivity contribution >= 4 is 29.2 Å². The molecule has 0 N–H and O–H groups in total. The maximum absolute atomic E-state index is 14.4. The average molecular weight is 372 g/mol. The number of halogens is 2. The Morgan fingerprint density at radius 2 is 1.88 bits per heavy atom. The lowest BCUT2D eigenvalue weighted by Crippen LogP contribution is -2.37. The average Bonchev–Trinajstić information content (AvgIpc) is 2.98. The molecular weight excluding hydrogens is 357 g/mol. The van der Waals surface area contributed by atoms with Gasteiger partial charge in [-0.1, -0.05) is 35.4 Å². The van der Waals surface area contributed by atoms with E-state index in [4.69, 9.17) is 16.3 Å². The lowest BCUT2D eigenvalue weighted by atomic mass is 9.83. The molecule has 132 valence electrons. The van der Waals surface area contributed by atoms with Crippen LogP contribution >= 0.6 is 11.6 Å². The summed E-state index contributed by atoms with van der Waals surface area (Å²) in [7, 11) is 0. The van der Waals surface area contributed by atoms with Crippen LogP contribution in [0, 0.1) is 12.7 Å². The van der Waals surface area contributed by atoms with Crippen LogP contribution in [-0.4, -0.2) is 18.5 Å². The summed E-state index contributed by atoms with van der Waals surface area (Å²) in [5.74, 6) is -2.04. The summed E-state index contributed by atoms with van der Waals surface area (Å²) < 4.78 is 19.6. The molecule has 2 aromatic rings. The number of anilines is 1. The number of ether oxygens (including phenoxy) is 1. The van der Waals surface area contributed by atoms with Crippen molar-refractivity contribution < 1.29 is 18.7 Å². The summed E-state index contributed by atoms with van der Waals surface area (Å²) in [5.41, 5.74) is 2.64. The summed E-state index contributed by atoms with van der Waals surface area (Å²) in [6, 6.07) is 11.7. The van der Waals surface area contributed by atoms with Crippen molar-refractivity contribution in [3.63, 3.8) is 0 Å². The van der Waals surface area contributed by atoms with Crippen molar-refractivity contribution in [1.29, 1.82) is 0 Å². The predicted octanol–water partition coefficient (Wildman–Crippen LogP) is 4.12. The van der Waals surface area contributed by atoms with Gasteiger partial charge >= 0.3 is 5.97 Å². The third kappa shape index (κ3) is 2.59. The van der Waals surface area contributed by atoms with Gasteiger partial charge in [0.2, 0.25) is 5.91 Å². The molecular formula is C20H15ClFNO3. The zero-order valence-corrected chi connectivity index (χ0v) is 14.7. The molecule has 0 fully saturated rings. The molecule has 0 spiro atoms. The SMILES string of the molecule is Cc1ccc(N2C(=O)C[C@H](c3c(F)cccc3Cl)C3=C2COC3=O)cc1. The van der Waals surface area contributed by atoms with Gasteiger partial charge in [-0.3, -0.25) is 9.69 Å². The minimum Gasteiger partial charge on any atom is -0.456 e. The third-order valence-corrected chi connectivity index (χ3v) is 5.09. The number of cyclic esters (lactones) is 1. The lowest BCUT2D eigenvalue weighted by molar-refractivity contribution is -0.136. The lowest BCUT2D eigenvalue weighted by Gasteiger charge is -2.32. The number of nitrogens with zero attached hydrogens (tertiary/aromatic N) is 1. The Morgan fingerprint density at radius 1 is 1.15 bits per heavy atom. The van der Waals surface area contributed by atoms with E-state index in [0.29, 0.717) is 17.0 Å². The van der Waals surface area contributed by atoms with E-state index in [2.05, 4.69) is 0 Å². The highest BCUT2D eigenvalue weighted by Crippen LogP contribution is 2.44. The van der Waals surface area contributed by atoms with Gasteiger partial charge < -0.3 is 4.74 Å². The molecule has 0 aromatic heterocycles. The van der Waals surface area contributed by atoms with E-state index in [0.717, 1.165) is 5.56 Å². The van der Waals surface area contributed by atoms with Gasteiger partial charge in [0.15, 0.2) is 0 Å². The van der Waals surface area contributed by atoms with E-state index in [1.54, 1.807) is 6.07 Å². The topological polar surface area (TPSA) is 46.6 Å². The molecule has 0 bridgehead atoms. The highest BCUT2D eigenvalue weighted by Gasteiger charge is 2.44. The third-order valence-electron chi connectivity index (χ3n) is 4.76. The molecule has 1 atom stereocenters. The number of benzene rings is 2. The molecule has 2 aliphatic rings. The Morgan fingerprint density at radius 3 is 2.58 bits per heavy atom. The van der Waals surface area contributed by atoms with E-state index in [9.17, 15) is 14.0 Å². The molecule has 2 aliphatic heterocycles. The summed E-state index contributed by atoms with van der Waals surface area (Å²) in [4.78, 5) is 26.8. The van der Waals surface area contributed by atoms with Gasteiger partial charge in [0.05, 0.1) is 11.3 Å². The molecule has 1 amide bonds. The summed E-state index contributed by atoms with van der Waals surface area (Å²) >= 11 is 6.18. The van der Waals surface area contributed by atoms with Gasteiger partial charge in [-0.2, -0.15) is 0 Å². The minimum absolute atomic E-state index is 0.0175. The van der Waals surface area contributed by atoms with E-state index < -0.39 is 17.7 Å². The maximum Gasteiger partial charge on any atom is 0.336 e. The van der Waals surface area contributed by atoms with Crippen LogP contribution in [0.15, 0.2) is 53.7 Å². The first-order chi connectivity index (χ1) is 12.5. The Balaban J connectivity index is 1.87. The van der Waals surface area contributed by atoms with Crippen molar-refractivity contribution in [2.75, 3.05) is 11.5 Å². The van der Waals surface area contributed by atoms with Crippen LogP contribution in [0.2, 0.25) is 5.02 Å². The molecule has 26 heavy (non-hydrogen) atoms. The first kappa shape index (κ1) is 16.8. The van der Waals surface area contributed by atoms with Gasteiger partial charge in [-0.15, -0.1) is 0 Å². The smallest absolute Gasteiger partial charge is 0.336 e. The number of carbonyl (C=O) groups is 2. The van der Waals surface area contributed by atoms with Gasteiger partial charge in [0, 0.05) is 28.6 Å². The number of carbonyl (C=O) groups excluding carboxylic acids is 2. The molecule has 4 nitrogen and oxygen atoms in total. The molecule has 0 unspecified atom stereocenters. The van der Waals surface area contributed by atoms with Crippen molar-refractivity contribution in [2.24, 2.45) is 0 Å². The highest BCUT2D eigenvalue weighted by molar-refractivity contribution is 6.31. The zero-order chi connectivity index (χ0) is 18.4. The predicted molar refractivity (Wildman–Crippen MR) is 95.4 cm³/mol. The van der Waals surface area contributed by atoms with Gasteiger partial charge in [-0.25, -0.2) is 9.18 Å². The minimum atomic E-state index is -0.747. The Labute approximate surface area is 154 Å². The quantitative estimate of drug-likeness (QED) is 0.746. The standard InChI is InChI=1S/C20H15ClFNO3/c1-11-5-7-12(8-6-11)23-16-10-26-20(25)19(16)13(9-17(23)24)18-14(21)3-2-4-15(18)22/h2-8,13H,9-10H2,1H3/t13-/m1/s1. The number of rotatable bonds is 2. The molecule has 4 rings (SSSR count). The monoisotopic (exact) mass is 371 g/mol. The van der Waals surface area contributed by atoms with Crippen LogP contribution in [0.4, 0.5) is 10.1 Å². The van der Waals surface area contributed by atoms with Gasteiger partial charge in [-0.05, 0) is 31.2 Å². The second-order valence-electron chi connectivity index (χ2n) is 6.39. The zero-order valence-electron chi connectivity index (χ0n) is 14.0. The first-order valence-electron chi connectivity index (χ1n) is 8.21. The summed E-state index contributed by atoms with van der Waals surface area (Å²) in [5, 5.41) is 0.193. The van der Waals surface area contributed by atoms with Gasteiger partial charge in [0.25, 0.3) is 0 Å². The normalized spacial score (nSPS) is 19.7. The fourth-order valence-electron chi connectivity index (χ4n) is 3.54. The van der Waals surface area contributed by atoms with E-state index in [-0.39, 0.29) is 29.5 Å². The van der Waals surface area contributed by atoms with Crippen molar-refractivity contribution in [2.45, 2.75) is 19.3 Å². The number of hydrogen-bond donors (Lipinski definition) is 0. The van der Waals surface area contributed by atoms with Crippen LogP contribution in [0.5, 0.6) is 0 Å². The van der Waals surface area contributed by atoms with Crippen molar-refractivity contribution in [3.05, 3.63) is 75.7 Å². The van der Waals surface area contributed by atoms with Crippen LogP contribution in [-0.2, 0) is 14.3 Å².